The van der Waals surface area contributed by atoms with Gasteiger partial charge in [-0.25, -0.2) is 9.78 Å². The van der Waals surface area contributed by atoms with Crippen molar-refractivity contribution < 1.29 is 9.90 Å². The molecular formula is C15H21N5O2. The molecule has 22 heavy (non-hydrogen) atoms. The number of H-pyrrole nitrogens is 1. The first-order chi connectivity index (χ1) is 10.5. The summed E-state index contributed by atoms with van der Waals surface area (Å²) in [5.41, 5.74) is 1.66. The van der Waals surface area contributed by atoms with Gasteiger partial charge >= 0.3 is 5.97 Å². The largest absolute Gasteiger partial charge is 0.478 e. The lowest BCUT2D eigenvalue weighted by molar-refractivity contribution is 0.0697. The second-order valence-electron chi connectivity index (χ2n) is 6.11. The van der Waals surface area contributed by atoms with E-state index in [2.05, 4.69) is 32.0 Å². The maximum atomic E-state index is 11.8. The van der Waals surface area contributed by atoms with Gasteiger partial charge in [-0.05, 0) is 13.0 Å². The van der Waals surface area contributed by atoms with E-state index in [0.717, 1.165) is 37.6 Å². The summed E-state index contributed by atoms with van der Waals surface area (Å²) in [6, 6.07) is 0. The van der Waals surface area contributed by atoms with Crippen molar-refractivity contribution in [2.24, 2.45) is 0 Å². The number of nitrogens with one attached hydrogen (secondary N) is 1. The molecule has 0 atom stereocenters. The lowest BCUT2D eigenvalue weighted by Gasteiger charge is -2.35. The Kier molecular flexibility index (Phi) is 3.74. The fourth-order valence-corrected chi connectivity index (χ4v) is 3.01. The van der Waals surface area contributed by atoms with Crippen LogP contribution < -0.4 is 4.90 Å². The van der Waals surface area contributed by atoms with Crippen molar-refractivity contribution in [1.29, 1.82) is 0 Å². The van der Waals surface area contributed by atoms with Crippen LogP contribution in [0.2, 0.25) is 0 Å². The van der Waals surface area contributed by atoms with Gasteiger partial charge in [0.1, 0.15) is 5.82 Å². The van der Waals surface area contributed by atoms with Crippen molar-refractivity contribution in [3.05, 3.63) is 17.3 Å². The van der Waals surface area contributed by atoms with Gasteiger partial charge in [-0.1, -0.05) is 13.8 Å². The molecule has 1 aliphatic rings. The highest BCUT2D eigenvalue weighted by atomic mass is 16.4. The molecule has 0 unspecified atom stereocenters. The number of aromatic amines is 1. The van der Waals surface area contributed by atoms with Crippen LogP contribution in [0.4, 0.5) is 5.82 Å². The number of anilines is 1. The Morgan fingerprint density at radius 2 is 2.00 bits per heavy atom. The SMILES string of the molecule is CC(C)c1c(N2CCN(C)CC2)nc2[nH]ncc2c1C(=O)O. The number of piperazine rings is 1. The second-order valence-corrected chi connectivity index (χ2v) is 6.11. The van der Waals surface area contributed by atoms with E-state index < -0.39 is 5.97 Å². The average Bonchev–Trinajstić information content (AvgIpc) is 2.93. The van der Waals surface area contributed by atoms with Gasteiger partial charge in [0.15, 0.2) is 5.65 Å². The highest BCUT2D eigenvalue weighted by Gasteiger charge is 2.27. The average molecular weight is 303 g/mol. The molecule has 1 saturated heterocycles. The summed E-state index contributed by atoms with van der Waals surface area (Å²) in [5, 5.41) is 17.1. The van der Waals surface area contributed by atoms with E-state index in [0.29, 0.717) is 16.6 Å². The van der Waals surface area contributed by atoms with Gasteiger partial charge in [0.25, 0.3) is 0 Å². The minimum absolute atomic E-state index is 0.0764. The Morgan fingerprint density at radius 1 is 1.32 bits per heavy atom. The van der Waals surface area contributed by atoms with Crippen LogP contribution in [-0.4, -0.2) is 64.4 Å². The highest BCUT2D eigenvalue weighted by molar-refractivity contribution is 6.04. The van der Waals surface area contributed by atoms with E-state index in [9.17, 15) is 9.90 Å². The Labute approximate surface area is 128 Å². The third-order valence-electron chi connectivity index (χ3n) is 4.21. The number of likely N-dealkylation sites (N-methyl/N-ethyl adjacent to an activating group) is 1. The van der Waals surface area contributed by atoms with Gasteiger partial charge in [-0.3, -0.25) is 5.10 Å². The van der Waals surface area contributed by atoms with Crippen molar-refractivity contribution >= 4 is 22.8 Å². The molecule has 2 N–H and O–H groups in total. The van der Waals surface area contributed by atoms with Gasteiger partial charge < -0.3 is 14.9 Å². The molecule has 1 aliphatic heterocycles. The molecule has 0 spiro atoms. The summed E-state index contributed by atoms with van der Waals surface area (Å²) in [7, 11) is 2.09. The van der Waals surface area contributed by atoms with Crippen molar-refractivity contribution in [2.75, 3.05) is 38.1 Å². The Hall–Kier alpha value is -2.15. The summed E-state index contributed by atoms with van der Waals surface area (Å²) in [5.74, 6) is -0.0716. The van der Waals surface area contributed by atoms with Crippen LogP contribution in [0.3, 0.4) is 0 Å². The predicted octanol–water partition coefficient (Wildman–Crippen LogP) is 1.53. The molecule has 2 aromatic heterocycles. The molecule has 2 aromatic rings. The molecule has 0 amide bonds. The fraction of sp³-hybridized carbons (Fsp3) is 0.533. The lowest BCUT2D eigenvalue weighted by atomic mass is 9.95. The van der Waals surface area contributed by atoms with Gasteiger partial charge in [0.2, 0.25) is 0 Å². The first-order valence-electron chi connectivity index (χ1n) is 7.52. The summed E-state index contributed by atoms with van der Waals surface area (Å²) < 4.78 is 0. The molecule has 0 saturated carbocycles. The van der Waals surface area contributed by atoms with Crippen LogP contribution in [0, 0.1) is 0 Å². The molecule has 7 heteroatoms. The third-order valence-corrected chi connectivity index (χ3v) is 4.21. The van der Waals surface area contributed by atoms with Crippen LogP contribution in [0.25, 0.3) is 11.0 Å². The molecule has 118 valence electrons. The fourth-order valence-electron chi connectivity index (χ4n) is 3.01. The van der Waals surface area contributed by atoms with Crippen LogP contribution >= 0.6 is 0 Å². The lowest BCUT2D eigenvalue weighted by Crippen LogP contribution is -2.45. The number of hydrogen-bond donors (Lipinski definition) is 2. The number of hydrogen-bond acceptors (Lipinski definition) is 5. The first kappa shape index (κ1) is 14.8. The van der Waals surface area contributed by atoms with E-state index >= 15 is 0 Å². The molecule has 0 radical (unpaired) electrons. The van der Waals surface area contributed by atoms with Gasteiger partial charge in [-0.2, -0.15) is 5.10 Å². The quantitative estimate of drug-likeness (QED) is 0.894. The second kappa shape index (κ2) is 5.57. The molecule has 3 rings (SSSR count). The molecular weight excluding hydrogens is 282 g/mol. The number of carboxylic acid groups (broad SMARTS) is 1. The maximum Gasteiger partial charge on any atom is 0.336 e. The summed E-state index contributed by atoms with van der Waals surface area (Å²) >= 11 is 0. The number of aromatic nitrogens is 3. The Morgan fingerprint density at radius 3 is 2.59 bits per heavy atom. The zero-order valence-electron chi connectivity index (χ0n) is 13.1. The highest BCUT2D eigenvalue weighted by Crippen LogP contribution is 2.34. The normalized spacial score (nSPS) is 16.6. The van der Waals surface area contributed by atoms with E-state index in [1.807, 2.05) is 13.8 Å². The van der Waals surface area contributed by atoms with Crippen molar-refractivity contribution in [3.63, 3.8) is 0 Å². The molecule has 0 aromatic carbocycles. The summed E-state index contributed by atoms with van der Waals surface area (Å²) in [4.78, 5) is 20.9. The monoisotopic (exact) mass is 303 g/mol. The number of aromatic carboxylic acids is 1. The number of carboxylic acids is 1. The van der Waals surface area contributed by atoms with Crippen LogP contribution in [-0.2, 0) is 0 Å². The van der Waals surface area contributed by atoms with Gasteiger partial charge in [0.05, 0.1) is 17.1 Å². The van der Waals surface area contributed by atoms with Gasteiger partial charge in [-0.15, -0.1) is 0 Å². The summed E-state index contributed by atoms with van der Waals surface area (Å²) in [6.45, 7) is 7.61. The molecule has 0 bridgehead atoms. The maximum absolute atomic E-state index is 11.8. The van der Waals surface area contributed by atoms with Crippen LogP contribution in [0.5, 0.6) is 0 Å². The number of fused-ring (bicyclic) bond motifs is 1. The van der Waals surface area contributed by atoms with Gasteiger partial charge in [0, 0.05) is 31.7 Å². The molecule has 1 fully saturated rings. The zero-order valence-corrected chi connectivity index (χ0v) is 13.1. The topological polar surface area (TPSA) is 85.4 Å². The van der Waals surface area contributed by atoms with Crippen molar-refractivity contribution in [3.8, 4) is 0 Å². The standard InChI is InChI=1S/C15H21N5O2/c1-9(2)11-12(15(21)22)10-8-16-18-13(10)17-14(11)20-6-4-19(3)5-7-20/h8-9H,4-7H2,1-3H3,(H,21,22)(H,16,17,18). The third kappa shape index (κ3) is 2.41. The Bertz CT molecular complexity index is 701. The minimum Gasteiger partial charge on any atom is -0.478 e. The summed E-state index contributed by atoms with van der Waals surface area (Å²) in [6.07, 6.45) is 1.55. The van der Waals surface area contributed by atoms with Crippen molar-refractivity contribution in [1.82, 2.24) is 20.1 Å². The number of nitrogens with zero attached hydrogens (tertiary/aromatic N) is 4. The molecule has 3 heterocycles. The van der Waals surface area contributed by atoms with Crippen molar-refractivity contribution in [2.45, 2.75) is 19.8 Å². The number of rotatable bonds is 3. The van der Waals surface area contributed by atoms with E-state index in [-0.39, 0.29) is 5.92 Å². The first-order valence-corrected chi connectivity index (χ1v) is 7.52. The van der Waals surface area contributed by atoms with Crippen LogP contribution in [0.1, 0.15) is 35.7 Å². The molecule has 0 aliphatic carbocycles. The van der Waals surface area contributed by atoms with E-state index in [1.165, 1.54) is 0 Å². The molecule has 7 nitrogen and oxygen atoms in total. The zero-order chi connectivity index (χ0) is 15.9. The van der Waals surface area contributed by atoms with Crippen LogP contribution in [0.15, 0.2) is 6.20 Å². The smallest absolute Gasteiger partial charge is 0.336 e. The predicted molar refractivity (Wildman–Crippen MR) is 84.6 cm³/mol. The Balaban J connectivity index is 2.20. The van der Waals surface area contributed by atoms with E-state index in [4.69, 9.17) is 0 Å². The number of pyridine rings is 1. The minimum atomic E-state index is -0.923. The number of carbonyl (C=O) groups is 1. The van der Waals surface area contributed by atoms with E-state index in [1.54, 1.807) is 6.20 Å².